The number of hydrogen-bond donors (Lipinski definition) is 0. The van der Waals surface area contributed by atoms with Crippen LogP contribution in [0.15, 0.2) is 35.2 Å². The van der Waals surface area contributed by atoms with E-state index in [2.05, 4.69) is 15.1 Å². The van der Waals surface area contributed by atoms with Crippen LogP contribution in [0, 0.1) is 13.8 Å². The number of carbonyl (C=O) groups is 1. The second kappa shape index (κ2) is 7.73. The molecule has 4 heterocycles. The lowest BCUT2D eigenvalue weighted by Gasteiger charge is -2.25. The van der Waals surface area contributed by atoms with E-state index < -0.39 is 0 Å². The Bertz CT molecular complexity index is 1040. The molecular formula is C22H25N5O2. The SMILES string of the molecule is Cc1ncc(-c2ccncc2C)c([C@H]2CCCN2C(=O)c2cc(C(C)C)no2)n1. The van der Waals surface area contributed by atoms with E-state index in [0.717, 1.165) is 40.9 Å². The van der Waals surface area contributed by atoms with Crippen LogP contribution in [0.5, 0.6) is 0 Å². The molecule has 29 heavy (non-hydrogen) atoms. The lowest BCUT2D eigenvalue weighted by molar-refractivity contribution is 0.0690. The van der Waals surface area contributed by atoms with Gasteiger partial charge in [0, 0.05) is 36.8 Å². The van der Waals surface area contributed by atoms with Gasteiger partial charge in [-0.15, -0.1) is 0 Å². The lowest BCUT2D eigenvalue weighted by Crippen LogP contribution is -2.31. The molecule has 0 unspecified atom stereocenters. The third kappa shape index (κ3) is 3.64. The van der Waals surface area contributed by atoms with Crippen molar-refractivity contribution in [2.45, 2.75) is 52.5 Å². The summed E-state index contributed by atoms with van der Waals surface area (Å²) in [6.45, 7) is 8.61. The van der Waals surface area contributed by atoms with Crippen molar-refractivity contribution >= 4 is 5.91 Å². The Morgan fingerprint density at radius 2 is 2.07 bits per heavy atom. The van der Waals surface area contributed by atoms with Gasteiger partial charge in [-0.1, -0.05) is 19.0 Å². The lowest BCUT2D eigenvalue weighted by atomic mass is 9.97. The van der Waals surface area contributed by atoms with Crippen molar-refractivity contribution in [2.24, 2.45) is 0 Å². The fraction of sp³-hybridized carbons (Fsp3) is 0.409. The molecule has 1 atom stereocenters. The van der Waals surface area contributed by atoms with Crippen molar-refractivity contribution in [3.05, 3.63) is 59.3 Å². The Morgan fingerprint density at radius 1 is 1.24 bits per heavy atom. The van der Waals surface area contributed by atoms with Crippen LogP contribution in [0.1, 0.15) is 72.0 Å². The number of carbonyl (C=O) groups excluding carboxylic acids is 1. The van der Waals surface area contributed by atoms with Crippen molar-refractivity contribution in [1.29, 1.82) is 0 Å². The summed E-state index contributed by atoms with van der Waals surface area (Å²) < 4.78 is 5.36. The van der Waals surface area contributed by atoms with E-state index in [1.54, 1.807) is 12.3 Å². The van der Waals surface area contributed by atoms with Gasteiger partial charge in [0.15, 0.2) is 0 Å². The van der Waals surface area contributed by atoms with E-state index in [-0.39, 0.29) is 23.6 Å². The predicted molar refractivity (Wildman–Crippen MR) is 108 cm³/mol. The van der Waals surface area contributed by atoms with Crippen LogP contribution in [0.25, 0.3) is 11.1 Å². The molecule has 0 aromatic carbocycles. The number of rotatable bonds is 4. The van der Waals surface area contributed by atoms with Crippen LogP contribution in [0.2, 0.25) is 0 Å². The second-order valence-corrected chi connectivity index (χ2v) is 7.83. The summed E-state index contributed by atoms with van der Waals surface area (Å²) >= 11 is 0. The maximum Gasteiger partial charge on any atom is 0.293 e. The molecule has 0 aliphatic carbocycles. The van der Waals surface area contributed by atoms with Crippen LogP contribution in [0.3, 0.4) is 0 Å². The highest BCUT2D eigenvalue weighted by Gasteiger charge is 2.35. The van der Waals surface area contributed by atoms with Crippen LogP contribution < -0.4 is 0 Å². The summed E-state index contributed by atoms with van der Waals surface area (Å²) in [5.41, 5.74) is 4.70. The molecule has 0 saturated carbocycles. The molecule has 1 aliphatic heterocycles. The minimum atomic E-state index is -0.138. The molecule has 7 heteroatoms. The Balaban J connectivity index is 1.73. The Kier molecular flexibility index (Phi) is 5.13. The molecule has 1 aliphatic rings. The Hall–Kier alpha value is -3.09. The van der Waals surface area contributed by atoms with Crippen LogP contribution in [-0.4, -0.2) is 37.5 Å². The molecular weight excluding hydrogens is 366 g/mol. The summed E-state index contributed by atoms with van der Waals surface area (Å²) in [6, 6.07) is 3.60. The molecule has 1 saturated heterocycles. The first kappa shape index (κ1) is 19.2. The number of aromatic nitrogens is 4. The van der Waals surface area contributed by atoms with E-state index in [0.29, 0.717) is 12.4 Å². The van der Waals surface area contributed by atoms with E-state index >= 15 is 0 Å². The van der Waals surface area contributed by atoms with Gasteiger partial charge in [-0.3, -0.25) is 9.78 Å². The maximum atomic E-state index is 13.2. The highest BCUT2D eigenvalue weighted by atomic mass is 16.5. The first-order valence-electron chi connectivity index (χ1n) is 9.97. The number of hydrogen-bond acceptors (Lipinski definition) is 6. The molecule has 3 aromatic rings. The van der Waals surface area contributed by atoms with Gasteiger partial charge in [0.05, 0.1) is 17.4 Å². The quantitative estimate of drug-likeness (QED) is 0.661. The number of aryl methyl sites for hydroxylation is 2. The van der Waals surface area contributed by atoms with Crippen molar-refractivity contribution in [2.75, 3.05) is 6.54 Å². The predicted octanol–water partition coefficient (Wildman–Crippen LogP) is 4.24. The minimum absolute atomic E-state index is 0.126. The molecule has 1 amide bonds. The van der Waals surface area contributed by atoms with Crippen molar-refractivity contribution in [1.82, 2.24) is 25.0 Å². The van der Waals surface area contributed by atoms with Crippen molar-refractivity contribution < 1.29 is 9.32 Å². The molecule has 1 fully saturated rings. The normalized spacial score (nSPS) is 16.6. The highest BCUT2D eigenvalue weighted by molar-refractivity contribution is 5.92. The Labute approximate surface area is 170 Å². The summed E-state index contributed by atoms with van der Waals surface area (Å²) in [5, 5.41) is 4.04. The fourth-order valence-electron chi connectivity index (χ4n) is 3.82. The molecule has 0 bridgehead atoms. The van der Waals surface area contributed by atoms with Gasteiger partial charge in [0.2, 0.25) is 5.76 Å². The zero-order chi connectivity index (χ0) is 20.5. The van der Waals surface area contributed by atoms with Crippen LogP contribution in [-0.2, 0) is 0 Å². The van der Waals surface area contributed by atoms with Gasteiger partial charge < -0.3 is 9.42 Å². The largest absolute Gasteiger partial charge is 0.351 e. The van der Waals surface area contributed by atoms with Crippen molar-refractivity contribution in [3.8, 4) is 11.1 Å². The molecule has 7 nitrogen and oxygen atoms in total. The first-order valence-corrected chi connectivity index (χ1v) is 9.97. The number of pyridine rings is 1. The van der Waals surface area contributed by atoms with Crippen LogP contribution >= 0.6 is 0 Å². The van der Waals surface area contributed by atoms with Gasteiger partial charge in [-0.25, -0.2) is 9.97 Å². The number of likely N-dealkylation sites (tertiary alicyclic amines) is 1. The van der Waals surface area contributed by atoms with Crippen LogP contribution in [0.4, 0.5) is 0 Å². The van der Waals surface area contributed by atoms with E-state index in [1.807, 2.05) is 51.1 Å². The highest BCUT2D eigenvalue weighted by Crippen LogP contribution is 2.38. The third-order valence-electron chi connectivity index (χ3n) is 5.41. The second-order valence-electron chi connectivity index (χ2n) is 7.83. The fourth-order valence-corrected chi connectivity index (χ4v) is 3.82. The average molecular weight is 391 g/mol. The molecule has 3 aromatic heterocycles. The van der Waals surface area contributed by atoms with Gasteiger partial charge >= 0.3 is 0 Å². The van der Waals surface area contributed by atoms with Gasteiger partial charge in [-0.05, 0) is 49.8 Å². The summed E-state index contributed by atoms with van der Waals surface area (Å²) in [4.78, 5) is 28.4. The summed E-state index contributed by atoms with van der Waals surface area (Å²) in [6.07, 6.45) is 7.22. The molecule has 150 valence electrons. The summed E-state index contributed by atoms with van der Waals surface area (Å²) in [7, 11) is 0. The number of amides is 1. The van der Waals surface area contributed by atoms with E-state index in [4.69, 9.17) is 9.51 Å². The van der Waals surface area contributed by atoms with E-state index in [9.17, 15) is 4.79 Å². The topological polar surface area (TPSA) is 85.0 Å². The van der Waals surface area contributed by atoms with Crippen molar-refractivity contribution in [3.63, 3.8) is 0 Å². The first-order chi connectivity index (χ1) is 14.0. The zero-order valence-electron chi connectivity index (χ0n) is 17.2. The smallest absolute Gasteiger partial charge is 0.293 e. The summed E-state index contributed by atoms with van der Waals surface area (Å²) in [5.74, 6) is 1.05. The minimum Gasteiger partial charge on any atom is -0.351 e. The molecule has 4 rings (SSSR count). The van der Waals surface area contributed by atoms with Gasteiger partial charge in [0.1, 0.15) is 5.82 Å². The number of nitrogens with zero attached hydrogens (tertiary/aromatic N) is 5. The molecule has 0 radical (unpaired) electrons. The standard InChI is InChI=1S/C22H25N5O2/c1-13(2)18-10-20(29-26-18)22(28)27-9-5-6-19(27)21-17(12-24-15(4)25-21)16-7-8-23-11-14(16)3/h7-8,10-13,19H,5-6,9H2,1-4H3/t19-/m1/s1. The third-order valence-corrected chi connectivity index (χ3v) is 5.41. The van der Waals surface area contributed by atoms with Gasteiger partial charge in [-0.2, -0.15) is 0 Å². The average Bonchev–Trinajstić information content (AvgIpc) is 3.38. The maximum absolute atomic E-state index is 13.2. The van der Waals surface area contributed by atoms with Gasteiger partial charge in [0.25, 0.3) is 5.91 Å². The monoisotopic (exact) mass is 391 g/mol. The molecule has 0 N–H and O–H groups in total. The zero-order valence-corrected chi connectivity index (χ0v) is 17.2. The molecule has 0 spiro atoms. The van der Waals surface area contributed by atoms with E-state index in [1.165, 1.54) is 0 Å². The Morgan fingerprint density at radius 3 is 2.79 bits per heavy atom.